The minimum absolute atomic E-state index is 0.0986. The van der Waals surface area contributed by atoms with Crippen molar-refractivity contribution in [1.29, 1.82) is 0 Å². The van der Waals surface area contributed by atoms with E-state index in [0.717, 1.165) is 32.1 Å². The van der Waals surface area contributed by atoms with E-state index < -0.39 is 0 Å². The third-order valence-electron chi connectivity index (χ3n) is 7.51. The van der Waals surface area contributed by atoms with Crippen molar-refractivity contribution in [2.24, 2.45) is 22.2 Å². The summed E-state index contributed by atoms with van der Waals surface area (Å²) in [5, 5.41) is 20.5. The molecule has 124 valence electrons. The van der Waals surface area contributed by atoms with Gasteiger partial charge in [-0.2, -0.15) is 0 Å². The molecule has 22 heavy (non-hydrogen) atoms. The van der Waals surface area contributed by atoms with Crippen LogP contribution in [0.1, 0.15) is 65.7 Å². The van der Waals surface area contributed by atoms with Crippen LogP contribution in [0.3, 0.4) is 0 Å². The predicted octanol–water partition coefficient (Wildman–Crippen LogP) is 4.23. The molecule has 0 aromatic carbocycles. The first kappa shape index (κ1) is 16.3. The van der Waals surface area contributed by atoms with Gasteiger partial charge in [0.05, 0.1) is 12.7 Å². The number of aliphatic hydroxyl groups is 2. The Morgan fingerprint density at radius 2 is 1.91 bits per heavy atom. The van der Waals surface area contributed by atoms with Crippen molar-refractivity contribution in [3.8, 4) is 0 Å². The van der Waals surface area contributed by atoms with Gasteiger partial charge in [0, 0.05) is 5.41 Å². The molecule has 0 radical (unpaired) electrons. The number of allylic oxidation sites excluding steroid dienone is 3. The minimum Gasteiger partial charge on any atom is -0.396 e. The predicted molar refractivity (Wildman–Crippen MR) is 90.4 cm³/mol. The highest BCUT2D eigenvalue weighted by molar-refractivity contribution is 5.33. The molecule has 2 heteroatoms. The molecule has 0 amide bonds. The average molecular weight is 304 g/mol. The van der Waals surface area contributed by atoms with Gasteiger partial charge in [-0.05, 0) is 61.7 Å². The smallest absolute Gasteiger partial charge is 0.0619 e. The molecular formula is C20H32O2. The lowest BCUT2D eigenvalue weighted by molar-refractivity contribution is -0.124. The number of aliphatic hydroxyl groups excluding tert-OH is 2. The fraction of sp³-hybridized carbons (Fsp3) is 0.800. The van der Waals surface area contributed by atoms with Gasteiger partial charge in [-0.25, -0.2) is 0 Å². The fourth-order valence-electron chi connectivity index (χ4n) is 5.82. The first-order valence-electron chi connectivity index (χ1n) is 8.93. The summed E-state index contributed by atoms with van der Waals surface area (Å²) in [4.78, 5) is 0. The quantitative estimate of drug-likeness (QED) is 0.750. The zero-order chi connectivity index (χ0) is 16.2. The van der Waals surface area contributed by atoms with Crippen molar-refractivity contribution in [3.63, 3.8) is 0 Å². The van der Waals surface area contributed by atoms with E-state index in [-0.39, 0.29) is 29.0 Å². The standard InChI is InChI=1S/C20H32O2/c1-5-18(2)10-8-15-14(12-18)6-7-16-19(15,3)11-9-17(22)20(16,4)13-21/h5,16-17,21-22H,1,6-13H2,2-4H3/t16-,17+,18-,19-,20+/m1/s1. The van der Waals surface area contributed by atoms with E-state index in [9.17, 15) is 10.2 Å². The Morgan fingerprint density at radius 3 is 2.55 bits per heavy atom. The van der Waals surface area contributed by atoms with E-state index in [1.165, 1.54) is 12.8 Å². The van der Waals surface area contributed by atoms with Crippen LogP contribution in [0.5, 0.6) is 0 Å². The lowest BCUT2D eigenvalue weighted by Crippen LogP contribution is -2.55. The Morgan fingerprint density at radius 1 is 1.18 bits per heavy atom. The van der Waals surface area contributed by atoms with E-state index in [1.54, 1.807) is 11.1 Å². The van der Waals surface area contributed by atoms with E-state index in [1.807, 2.05) is 0 Å². The van der Waals surface area contributed by atoms with Gasteiger partial charge >= 0.3 is 0 Å². The molecule has 0 aliphatic heterocycles. The monoisotopic (exact) mass is 304 g/mol. The van der Waals surface area contributed by atoms with Crippen molar-refractivity contribution < 1.29 is 10.2 Å². The summed E-state index contributed by atoms with van der Waals surface area (Å²) in [6.07, 6.45) is 9.44. The van der Waals surface area contributed by atoms with Crippen molar-refractivity contribution in [1.82, 2.24) is 0 Å². The van der Waals surface area contributed by atoms with Crippen LogP contribution in [-0.4, -0.2) is 22.9 Å². The molecule has 1 saturated carbocycles. The second-order valence-corrected chi connectivity index (χ2v) is 8.84. The van der Waals surface area contributed by atoms with Gasteiger partial charge in [0.25, 0.3) is 0 Å². The summed E-state index contributed by atoms with van der Waals surface area (Å²) in [5.74, 6) is 0.403. The molecule has 3 aliphatic carbocycles. The zero-order valence-electron chi connectivity index (χ0n) is 14.5. The van der Waals surface area contributed by atoms with Crippen molar-refractivity contribution >= 4 is 0 Å². The maximum Gasteiger partial charge on any atom is 0.0619 e. The Bertz CT molecular complexity index is 508. The molecule has 3 rings (SSSR count). The molecule has 3 aliphatic rings. The van der Waals surface area contributed by atoms with Gasteiger partial charge in [-0.3, -0.25) is 0 Å². The molecule has 1 fully saturated rings. The first-order chi connectivity index (χ1) is 10.3. The maximum atomic E-state index is 10.5. The largest absolute Gasteiger partial charge is 0.396 e. The van der Waals surface area contributed by atoms with Crippen LogP contribution in [0.4, 0.5) is 0 Å². The molecule has 0 aromatic rings. The Labute approximate surface area is 135 Å². The SMILES string of the molecule is C=C[C@]1(C)CCC2=C(CC[C@H]3[C@](C)(CO)[C@@H](O)CC[C@]23C)C1. The number of hydrogen-bond acceptors (Lipinski definition) is 2. The Hall–Kier alpha value is -0.600. The van der Waals surface area contributed by atoms with E-state index in [0.29, 0.717) is 5.92 Å². The minimum atomic E-state index is -0.361. The Kier molecular flexibility index (Phi) is 3.85. The molecule has 0 spiro atoms. The molecule has 2 N–H and O–H groups in total. The molecular weight excluding hydrogens is 272 g/mol. The van der Waals surface area contributed by atoms with Crippen molar-refractivity contribution in [3.05, 3.63) is 23.8 Å². The van der Waals surface area contributed by atoms with Gasteiger partial charge < -0.3 is 10.2 Å². The number of fused-ring (bicyclic) bond motifs is 2. The normalized spacial score (nSPS) is 48.6. The summed E-state index contributed by atoms with van der Waals surface area (Å²) >= 11 is 0. The van der Waals surface area contributed by atoms with Crippen molar-refractivity contribution in [2.45, 2.75) is 71.8 Å². The summed E-state index contributed by atoms with van der Waals surface area (Å²) in [6, 6.07) is 0. The number of hydrogen-bond donors (Lipinski definition) is 2. The van der Waals surface area contributed by atoms with Crippen LogP contribution in [0.2, 0.25) is 0 Å². The summed E-state index contributed by atoms with van der Waals surface area (Å²) < 4.78 is 0. The molecule has 0 unspecified atom stereocenters. The average Bonchev–Trinajstić information content (AvgIpc) is 2.51. The van der Waals surface area contributed by atoms with E-state index in [4.69, 9.17) is 0 Å². The highest BCUT2D eigenvalue weighted by Gasteiger charge is 2.56. The summed E-state index contributed by atoms with van der Waals surface area (Å²) in [6.45, 7) is 11.0. The molecule has 0 bridgehead atoms. The Balaban J connectivity index is 2.00. The second-order valence-electron chi connectivity index (χ2n) is 8.84. The van der Waals surface area contributed by atoms with Gasteiger partial charge in [-0.15, -0.1) is 6.58 Å². The van der Waals surface area contributed by atoms with E-state index in [2.05, 4.69) is 33.4 Å². The zero-order valence-corrected chi connectivity index (χ0v) is 14.5. The van der Waals surface area contributed by atoms with Gasteiger partial charge in [0.1, 0.15) is 0 Å². The maximum absolute atomic E-state index is 10.5. The molecule has 0 saturated heterocycles. The van der Waals surface area contributed by atoms with Crippen LogP contribution in [-0.2, 0) is 0 Å². The van der Waals surface area contributed by atoms with Crippen molar-refractivity contribution in [2.75, 3.05) is 6.61 Å². The topological polar surface area (TPSA) is 40.5 Å². The molecule has 0 heterocycles. The molecule has 0 aromatic heterocycles. The van der Waals surface area contributed by atoms with Gasteiger partial charge in [0.15, 0.2) is 0 Å². The third kappa shape index (κ3) is 2.14. The molecule has 5 atom stereocenters. The van der Waals surface area contributed by atoms with E-state index >= 15 is 0 Å². The lowest BCUT2D eigenvalue weighted by Gasteiger charge is -2.59. The summed E-state index contributed by atoms with van der Waals surface area (Å²) in [7, 11) is 0. The second kappa shape index (κ2) is 5.21. The number of rotatable bonds is 2. The van der Waals surface area contributed by atoms with Crippen LogP contribution >= 0.6 is 0 Å². The highest BCUT2D eigenvalue weighted by atomic mass is 16.3. The first-order valence-corrected chi connectivity index (χ1v) is 8.93. The summed E-state index contributed by atoms with van der Waals surface area (Å²) in [5.41, 5.74) is 3.41. The van der Waals surface area contributed by atoms with Gasteiger partial charge in [0.2, 0.25) is 0 Å². The third-order valence-corrected chi connectivity index (χ3v) is 7.51. The van der Waals surface area contributed by atoms with Crippen LogP contribution in [0.25, 0.3) is 0 Å². The highest BCUT2D eigenvalue weighted by Crippen LogP contribution is 2.62. The lowest BCUT2D eigenvalue weighted by atomic mass is 9.47. The van der Waals surface area contributed by atoms with Crippen LogP contribution < -0.4 is 0 Å². The van der Waals surface area contributed by atoms with Gasteiger partial charge in [-0.1, -0.05) is 38.0 Å². The molecule has 2 nitrogen and oxygen atoms in total. The fourth-order valence-corrected chi connectivity index (χ4v) is 5.82. The van der Waals surface area contributed by atoms with Crippen LogP contribution in [0, 0.1) is 22.2 Å². The van der Waals surface area contributed by atoms with Crippen LogP contribution in [0.15, 0.2) is 23.8 Å².